The molecule has 0 aromatic rings. The van der Waals surface area contributed by atoms with E-state index < -0.39 is 38.8 Å². The molecule has 0 heterocycles. The Hall–Kier alpha value is -2.20. The van der Waals surface area contributed by atoms with Crippen molar-refractivity contribution in [1.29, 1.82) is 0 Å². The molecular formula is C15H26N2O7S. The largest absolute Gasteiger partial charge is 0.481 e. The minimum Gasteiger partial charge on any atom is -0.481 e. The van der Waals surface area contributed by atoms with Gasteiger partial charge in [0.05, 0.1) is 6.42 Å². The number of hydrogen-bond acceptors (Lipinski definition) is 5. The lowest BCUT2D eigenvalue weighted by Gasteiger charge is -2.23. The van der Waals surface area contributed by atoms with E-state index in [4.69, 9.17) is 9.66 Å². The van der Waals surface area contributed by atoms with Gasteiger partial charge in [-0.3, -0.25) is 18.9 Å². The molecule has 2 unspecified atom stereocenters. The number of nitrogens with one attached hydrogen (secondary N) is 2. The van der Waals surface area contributed by atoms with Gasteiger partial charge in [0.2, 0.25) is 11.8 Å². The van der Waals surface area contributed by atoms with Crippen LogP contribution >= 0.6 is 0 Å². The minimum absolute atomic E-state index is 0.105. The van der Waals surface area contributed by atoms with Crippen LogP contribution in [-0.2, 0) is 24.5 Å². The highest BCUT2D eigenvalue weighted by Crippen LogP contribution is 2.07. The van der Waals surface area contributed by atoms with Crippen LogP contribution in [0.25, 0.3) is 0 Å². The SMILES string of the molecule is C=CC(=O)NC(C)(C)CC(=O)O.C=CC(=O)NC(C)C(C)S(=O)(=O)O. The van der Waals surface area contributed by atoms with Crippen molar-refractivity contribution in [2.24, 2.45) is 0 Å². The van der Waals surface area contributed by atoms with Gasteiger partial charge in [-0.25, -0.2) is 0 Å². The van der Waals surface area contributed by atoms with Crippen LogP contribution in [0, 0.1) is 0 Å². The molecule has 0 saturated heterocycles. The maximum atomic E-state index is 10.8. The number of hydrogen-bond donors (Lipinski definition) is 4. The molecule has 2 atom stereocenters. The standard InChI is InChI=1S/C8H13NO3.C7H13NO4S/c1-4-6(10)9-8(2,3)5-7(11)12;1-4-7(9)8-5(2)6(3)13(10,11)12/h4H,1,5H2,2-3H3,(H,9,10)(H,11,12);4-6H,1H2,2-3H3,(H,8,9)(H,10,11,12). The molecule has 10 heteroatoms. The fourth-order valence-electron chi connectivity index (χ4n) is 1.47. The third-order valence-corrected chi connectivity index (χ3v) is 4.32. The average Bonchev–Trinajstić information content (AvgIpc) is 2.43. The molecule has 144 valence electrons. The number of carboxylic acids is 1. The van der Waals surface area contributed by atoms with E-state index in [0.717, 1.165) is 12.2 Å². The van der Waals surface area contributed by atoms with Crippen LogP contribution in [0.3, 0.4) is 0 Å². The lowest BCUT2D eigenvalue weighted by molar-refractivity contribution is -0.138. The van der Waals surface area contributed by atoms with Crippen LogP contribution in [-0.4, -0.2) is 52.7 Å². The number of aliphatic carboxylic acids is 1. The molecule has 0 fully saturated rings. The monoisotopic (exact) mass is 378 g/mol. The second-order valence-corrected chi connectivity index (χ2v) is 7.64. The molecule has 25 heavy (non-hydrogen) atoms. The first-order valence-electron chi connectivity index (χ1n) is 7.22. The van der Waals surface area contributed by atoms with Crippen LogP contribution in [0.4, 0.5) is 0 Å². The first kappa shape index (κ1) is 25.0. The zero-order valence-electron chi connectivity index (χ0n) is 14.8. The molecule has 2 amide bonds. The van der Waals surface area contributed by atoms with Crippen molar-refractivity contribution < 1.29 is 32.5 Å². The lowest BCUT2D eigenvalue weighted by atomic mass is 10.0. The Balaban J connectivity index is 0. The Kier molecular flexibility index (Phi) is 10.6. The molecule has 0 saturated carbocycles. The Labute approximate surface area is 147 Å². The summed E-state index contributed by atoms with van der Waals surface area (Å²) in [6, 6.07) is -0.652. The van der Waals surface area contributed by atoms with Gasteiger partial charge in [0, 0.05) is 11.6 Å². The molecule has 0 aliphatic carbocycles. The summed E-state index contributed by atoms with van der Waals surface area (Å²) in [5.74, 6) is -1.77. The summed E-state index contributed by atoms with van der Waals surface area (Å²) in [7, 11) is -4.10. The number of rotatable bonds is 8. The van der Waals surface area contributed by atoms with E-state index in [1.807, 2.05) is 0 Å². The highest BCUT2D eigenvalue weighted by molar-refractivity contribution is 7.86. The van der Waals surface area contributed by atoms with Crippen molar-refractivity contribution in [2.75, 3.05) is 0 Å². The Morgan fingerprint density at radius 2 is 1.56 bits per heavy atom. The summed E-state index contributed by atoms with van der Waals surface area (Å²) in [4.78, 5) is 31.8. The van der Waals surface area contributed by atoms with Crippen LogP contribution in [0.15, 0.2) is 25.3 Å². The number of carboxylic acid groups (broad SMARTS) is 1. The van der Waals surface area contributed by atoms with Crippen molar-refractivity contribution in [1.82, 2.24) is 10.6 Å². The zero-order chi connectivity index (χ0) is 20.4. The highest BCUT2D eigenvalue weighted by atomic mass is 32.2. The molecule has 0 aliphatic rings. The van der Waals surface area contributed by atoms with E-state index in [9.17, 15) is 22.8 Å². The summed E-state index contributed by atoms with van der Waals surface area (Å²) in [6.07, 6.45) is 2.05. The lowest BCUT2D eigenvalue weighted by Crippen LogP contribution is -2.44. The van der Waals surface area contributed by atoms with Gasteiger partial charge in [0.15, 0.2) is 0 Å². The van der Waals surface area contributed by atoms with Crippen LogP contribution < -0.4 is 10.6 Å². The van der Waals surface area contributed by atoms with Crippen LogP contribution in [0.1, 0.15) is 34.1 Å². The molecule has 4 N–H and O–H groups in total. The molecule has 0 aromatic heterocycles. The van der Waals surface area contributed by atoms with Crippen molar-refractivity contribution in [3.63, 3.8) is 0 Å². The number of carbonyl (C=O) groups excluding carboxylic acids is 2. The summed E-state index contributed by atoms with van der Waals surface area (Å²) >= 11 is 0. The van der Waals surface area contributed by atoms with Crippen molar-refractivity contribution in [2.45, 2.75) is 50.9 Å². The van der Waals surface area contributed by atoms with E-state index in [1.165, 1.54) is 13.8 Å². The number of amides is 2. The Morgan fingerprint density at radius 1 is 1.12 bits per heavy atom. The number of carbonyl (C=O) groups is 3. The van der Waals surface area contributed by atoms with Crippen LogP contribution in [0.2, 0.25) is 0 Å². The molecule has 0 aliphatic heterocycles. The Morgan fingerprint density at radius 3 is 1.88 bits per heavy atom. The van der Waals surface area contributed by atoms with Crippen molar-refractivity contribution in [3.8, 4) is 0 Å². The van der Waals surface area contributed by atoms with Gasteiger partial charge in [-0.05, 0) is 39.8 Å². The predicted molar refractivity (Wildman–Crippen MR) is 93.5 cm³/mol. The molecule has 0 radical (unpaired) electrons. The van der Waals surface area contributed by atoms with Gasteiger partial charge in [0.25, 0.3) is 10.1 Å². The van der Waals surface area contributed by atoms with E-state index in [1.54, 1.807) is 13.8 Å². The molecule has 9 nitrogen and oxygen atoms in total. The molecule has 0 rings (SSSR count). The second-order valence-electron chi connectivity index (χ2n) is 5.87. The smallest absolute Gasteiger partial charge is 0.305 e. The van der Waals surface area contributed by atoms with Gasteiger partial charge in [-0.15, -0.1) is 0 Å². The van der Waals surface area contributed by atoms with E-state index in [0.29, 0.717) is 0 Å². The fraction of sp³-hybridized carbons (Fsp3) is 0.533. The summed E-state index contributed by atoms with van der Waals surface area (Å²) in [5, 5.41) is 12.3. The third-order valence-electron chi connectivity index (χ3n) is 2.97. The maximum Gasteiger partial charge on any atom is 0.305 e. The normalized spacial score (nSPS) is 13.3. The molecule has 0 aromatic carbocycles. The third kappa shape index (κ3) is 12.8. The van der Waals surface area contributed by atoms with E-state index in [-0.39, 0.29) is 12.3 Å². The van der Waals surface area contributed by atoms with Crippen LogP contribution in [0.5, 0.6) is 0 Å². The van der Waals surface area contributed by atoms with Gasteiger partial charge >= 0.3 is 5.97 Å². The second kappa shape index (κ2) is 10.6. The van der Waals surface area contributed by atoms with Gasteiger partial charge in [0.1, 0.15) is 5.25 Å². The minimum atomic E-state index is -4.10. The fourth-order valence-corrected chi connectivity index (χ4v) is 2.05. The quantitative estimate of drug-likeness (QED) is 0.355. The average molecular weight is 378 g/mol. The first-order valence-corrected chi connectivity index (χ1v) is 8.72. The topological polar surface area (TPSA) is 150 Å². The molecular weight excluding hydrogens is 352 g/mol. The van der Waals surface area contributed by atoms with E-state index in [2.05, 4.69) is 23.8 Å². The van der Waals surface area contributed by atoms with Crippen molar-refractivity contribution >= 4 is 27.9 Å². The predicted octanol–water partition coefficient (Wildman–Crippen LogP) is 0.495. The first-order chi connectivity index (χ1) is 11.2. The van der Waals surface area contributed by atoms with Gasteiger partial charge < -0.3 is 15.7 Å². The van der Waals surface area contributed by atoms with Crippen molar-refractivity contribution in [3.05, 3.63) is 25.3 Å². The summed E-state index contributed by atoms with van der Waals surface area (Å²) in [5.41, 5.74) is -0.725. The highest BCUT2D eigenvalue weighted by Gasteiger charge is 2.24. The van der Waals surface area contributed by atoms with Gasteiger partial charge in [-0.1, -0.05) is 13.2 Å². The summed E-state index contributed by atoms with van der Waals surface area (Å²) in [6.45, 7) is 12.6. The zero-order valence-corrected chi connectivity index (χ0v) is 15.6. The van der Waals surface area contributed by atoms with E-state index >= 15 is 0 Å². The van der Waals surface area contributed by atoms with Gasteiger partial charge in [-0.2, -0.15) is 8.42 Å². The molecule has 0 bridgehead atoms. The molecule has 0 spiro atoms. The Bertz CT molecular complexity index is 611. The summed E-state index contributed by atoms with van der Waals surface area (Å²) < 4.78 is 29.9. The maximum absolute atomic E-state index is 10.8.